The van der Waals surface area contributed by atoms with Gasteiger partial charge in [-0.3, -0.25) is 0 Å². The average Bonchev–Trinajstić information content (AvgIpc) is 2.81. The Morgan fingerprint density at radius 2 is 0.800 bits per heavy atom. The zero-order chi connectivity index (χ0) is 25.4. The molecule has 4 aromatic rings. The first-order valence-corrected chi connectivity index (χ1v) is 11.7. The summed E-state index contributed by atoms with van der Waals surface area (Å²) in [6, 6.07) is 23.0. The van der Waals surface area contributed by atoms with Gasteiger partial charge in [-0.2, -0.15) is 26.3 Å². The summed E-state index contributed by atoms with van der Waals surface area (Å²) in [5.74, 6) is 0. The molecule has 0 aliphatic heterocycles. The van der Waals surface area contributed by atoms with Crippen LogP contribution in [0.3, 0.4) is 0 Å². The lowest BCUT2D eigenvalue weighted by atomic mass is 9.98. The highest BCUT2D eigenvalue weighted by Gasteiger charge is 2.37. The van der Waals surface area contributed by atoms with Crippen LogP contribution in [0.4, 0.5) is 43.4 Å². The van der Waals surface area contributed by atoms with E-state index in [0.29, 0.717) is 5.69 Å². The van der Waals surface area contributed by atoms with Crippen molar-refractivity contribution in [3.05, 3.63) is 111 Å². The molecule has 9 heteroatoms. The number of nitrogens with zero attached hydrogens (tertiary/aromatic N) is 1. The predicted molar refractivity (Wildman–Crippen MR) is 132 cm³/mol. The third-order valence-electron chi connectivity index (χ3n) is 5.22. The summed E-state index contributed by atoms with van der Waals surface area (Å²) in [4.78, 5) is 1.93. The van der Waals surface area contributed by atoms with Crippen LogP contribution < -0.4 is 4.90 Å². The molecule has 0 aromatic heterocycles. The lowest BCUT2D eigenvalue weighted by Gasteiger charge is -2.26. The first-order chi connectivity index (χ1) is 16.4. The number of benzene rings is 4. The molecule has 0 spiro atoms. The van der Waals surface area contributed by atoms with Crippen molar-refractivity contribution < 1.29 is 26.3 Å². The van der Waals surface area contributed by atoms with Crippen molar-refractivity contribution in [1.82, 2.24) is 0 Å². The first kappa shape index (κ1) is 25.3. The SMILES string of the molecule is FC(F)(F)c1cc(-c2ccc(N(c3ccc(Br)cc3)c3ccc(Br)cc3)cc2)cc(C(F)(F)F)c1. The van der Waals surface area contributed by atoms with Crippen molar-refractivity contribution in [2.24, 2.45) is 0 Å². The summed E-state index contributed by atoms with van der Waals surface area (Å²) >= 11 is 6.81. The summed E-state index contributed by atoms with van der Waals surface area (Å²) < 4.78 is 81.4. The van der Waals surface area contributed by atoms with E-state index < -0.39 is 23.5 Å². The highest BCUT2D eigenvalue weighted by molar-refractivity contribution is 9.10. The van der Waals surface area contributed by atoms with Gasteiger partial charge in [0.15, 0.2) is 0 Å². The molecule has 35 heavy (non-hydrogen) atoms. The molecule has 0 saturated heterocycles. The third-order valence-corrected chi connectivity index (χ3v) is 6.27. The monoisotopic (exact) mass is 613 g/mol. The highest BCUT2D eigenvalue weighted by Crippen LogP contribution is 2.40. The van der Waals surface area contributed by atoms with Crippen molar-refractivity contribution in [3.8, 4) is 11.1 Å². The lowest BCUT2D eigenvalue weighted by molar-refractivity contribution is -0.143. The van der Waals surface area contributed by atoms with Gasteiger partial charge in [0, 0.05) is 26.0 Å². The molecule has 0 unspecified atom stereocenters. The fraction of sp³-hybridized carbons (Fsp3) is 0.0769. The van der Waals surface area contributed by atoms with E-state index in [9.17, 15) is 26.3 Å². The molecule has 4 rings (SSSR count). The molecule has 0 fully saturated rings. The van der Waals surface area contributed by atoms with Gasteiger partial charge >= 0.3 is 12.4 Å². The van der Waals surface area contributed by atoms with E-state index >= 15 is 0 Å². The molecule has 0 aliphatic rings. The maximum absolute atomic E-state index is 13.3. The fourth-order valence-corrected chi connectivity index (χ4v) is 4.08. The fourth-order valence-electron chi connectivity index (χ4n) is 3.55. The highest BCUT2D eigenvalue weighted by atomic mass is 79.9. The Balaban J connectivity index is 1.78. The van der Waals surface area contributed by atoms with Gasteiger partial charge in [-0.15, -0.1) is 0 Å². The summed E-state index contributed by atoms with van der Waals surface area (Å²) in [7, 11) is 0. The number of hydrogen-bond donors (Lipinski definition) is 0. The Morgan fingerprint density at radius 3 is 1.14 bits per heavy atom. The summed E-state index contributed by atoms with van der Waals surface area (Å²) in [6.45, 7) is 0. The largest absolute Gasteiger partial charge is 0.416 e. The van der Waals surface area contributed by atoms with Crippen LogP contribution in [0.25, 0.3) is 11.1 Å². The van der Waals surface area contributed by atoms with Gasteiger partial charge in [0.2, 0.25) is 0 Å². The predicted octanol–water partition coefficient (Wildman–Crippen LogP) is 10.4. The van der Waals surface area contributed by atoms with E-state index in [0.717, 1.165) is 32.5 Å². The summed E-state index contributed by atoms with van der Waals surface area (Å²) in [6.07, 6.45) is -9.81. The molecule has 0 amide bonds. The lowest BCUT2D eigenvalue weighted by Crippen LogP contribution is -2.11. The van der Waals surface area contributed by atoms with Crippen LogP contribution in [0.1, 0.15) is 11.1 Å². The van der Waals surface area contributed by atoms with E-state index in [1.54, 1.807) is 12.1 Å². The maximum atomic E-state index is 13.3. The molecule has 0 heterocycles. The smallest absolute Gasteiger partial charge is 0.311 e. The number of hydrogen-bond acceptors (Lipinski definition) is 1. The molecule has 0 radical (unpaired) electrons. The van der Waals surface area contributed by atoms with Crippen molar-refractivity contribution in [3.63, 3.8) is 0 Å². The standard InChI is InChI=1S/C26H15Br2F6N/c27-20-3-9-23(10-4-20)35(24-11-5-21(28)6-12-24)22-7-1-16(2-8-22)17-13-18(25(29,30)31)15-19(14-17)26(32,33)34/h1-15H. The van der Waals surface area contributed by atoms with Crippen LogP contribution in [-0.4, -0.2) is 0 Å². The van der Waals surface area contributed by atoms with Gasteiger partial charge in [-0.1, -0.05) is 44.0 Å². The molecule has 0 N–H and O–H groups in total. The molecule has 180 valence electrons. The van der Waals surface area contributed by atoms with Crippen LogP contribution in [0, 0.1) is 0 Å². The minimum absolute atomic E-state index is 0.126. The van der Waals surface area contributed by atoms with E-state index in [-0.39, 0.29) is 17.2 Å². The zero-order valence-electron chi connectivity index (χ0n) is 17.6. The number of alkyl halides is 6. The van der Waals surface area contributed by atoms with Gasteiger partial charge in [0.1, 0.15) is 0 Å². The van der Waals surface area contributed by atoms with Gasteiger partial charge in [0.05, 0.1) is 11.1 Å². The van der Waals surface area contributed by atoms with Gasteiger partial charge in [-0.25, -0.2) is 0 Å². The van der Waals surface area contributed by atoms with E-state index in [1.165, 1.54) is 12.1 Å². The van der Waals surface area contributed by atoms with Crippen LogP contribution in [-0.2, 0) is 12.4 Å². The molecule has 0 bridgehead atoms. The normalized spacial score (nSPS) is 12.0. The quantitative estimate of drug-likeness (QED) is 0.207. The first-order valence-electron chi connectivity index (χ1n) is 10.1. The molecule has 0 saturated carbocycles. The van der Waals surface area contributed by atoms with Gasteiger partial charge in [0.25, 0.3) is 0 Å². The van der Waals surface area contributed by atoms with Gasteiger partial charge in [-0.05, 0) is 90.0 Å². The Kier molecular flexibility index (Phi) is 7.02. The maximum Gasteiger partial charge on any atom is 0.416 e. The Bertz CT molecular complexity index is 1240. The summed E-state index contributed by atoms with van der Waals surface area (Å²) in [5, 5.41) is 0. The number of halogens is 8. The molecule has 4 aromatic carbocycles. The second-order valence-corrected chi connectivity index (χ2v) is 9.46. The van der Waals surface area contributed by atoms with Crippen molar-refractivity contribution in [2.45, 2.75) is 12.4 Å². The Labute approximate surface area is 214 Å². The third kappa shape index (κ3) is 5.90. The van der Waals surface area contributed by atoms with Crippen LogP contribution in [0.15, 0.2) is 99.9 Å². The Morgan fingerprint density at radius 1 is 0.457 bits per heavy atom. The molecule has 0 atom stereocenters. The minimum atomic E-state index is -4.91. The van der Waals surface area contributed by atoms with Crippen LogP contribution >= 0.6 is 31.9 Å². The van der Waals surface area contributed by atoms with E-state index in [4.69, 9.17) is 0 Å². The summed E-state index contributed by atoms with van der Waals surface area (Å²) in [5.41, 5.74) is -0.310. The van der Waals surface area contributed by atoms with Crippen LogP contribution in [0.5, 0.6) is 0 Å². The van der Waals surface area contributed by atoms with Crippen molar-refractivity contribution in [1.29, 1.82) is 0 Å². The van der Waals surface area contributed by atoms with Gasteiger partial charge < -0.3 is 4.90 Å². The molecular formula is C26H15Br2F6N. The minimum Gasteiger partial charge on any atom is -0.311 e. The number of rotatable bonds is 4. The Hall–Kier alpha value is -2.78. The topological polar surface area (TPSA) is 3.24 Å². The second kappa shape index (κ2) is 9.70. The zero-order valence-corrected chi connectivity index (χ0v) is 20.8. The van der Waals surface area contributed by atoms with Crippen molar-refractivity contribution in [2.75, 3.05) is 4.90 Å². The molecule has 0 aliphatic carbocycles. The average molecular weight is 615 g/mol. The molecular weight excluding hydrogens is 600 g/mol. The second-order valence-electron chi connectivity index (χ2n) is 7.63. The van der Waals surface area contributed by atoms with Crippen molar-refractivity contribution >= 4 is 48.9 Å². The van der Waals surface area contributed by atoms with E-state index in [1.807, 2.05) is 53.4 Å². The number of anilines is 3. The molecule has 1 nitrogen and oxygen atoms in total. The van der Waals surface area contributed by atoms with Crippen LogP contribution in [0.2, 0.25) is 0 Å². The van der Waals surface area contributed by atoms with E-state index in [2.05, 4.69) is 31.9 Å².